The van der Waals surface area contributed by atoms with E-state index < -0.39 is 0 Å². The van der Waals surface area contributed by atoms with Gasteiger partial charge in [-0.05, 0) is 64.9 Å². The highest BCUT2D eigenvalue weighted by atomic mass is 33.1. The van der Waals surface area contributed by atoms with Crippen LogP contribution < -0.4 is 4.90 Å². The molecule has 2 heterocycles. The molecule has 2 nitrogen and oxygen atoms in total. The first kappa shape index (κ1) is 20.5. The van der Waals surface area contributed by atoms with Crippen LogP contribution in [0, 0.1) is 0 Å². The van der Waals surface area contributed by atoms with Gasteiger partial charge >= 0.3 is 0 Å². The molecule has 4 rings (SSSR count). The van der Waals surface area contributed by atoms with E-state index in [1.807, 2.05) is 11.8 Å². The predicted molar refractivity (Wildman–Crippen MR) is 128 cm³/mol. The Morgan fingerprint density at radius 1 is 0.750 bits per heavy atom. The SMILES string of the molecule is CC1(C)CN(CCCN2c3ccccc3Sc3ccccc32)CC(C)(C)SS1. The van der Waals surface area contributed by atoms with Gasteiger partial charge in [0.25, 0.3) is 0 Å². The second kappa shape index (κ2) is 8.17. The van der Waals surface area contributed by atoms with Crippen molar-refractivity contribution >= 4 is 44.7 Å². The summed E-state index contributed by atoms with van der Waals surface area (Å²) < 4.78 is 0.610. The first-order valence-electron chi connectivity index (χ1n) is 10.1. The van der Waals surface area contributed by atoms with Crippen LogP contribution in [0.15, 0.2) is 58.3 Å². The lowest BCUT2D eigenvalue weighted by atomic mass is 10.1. The van der Waals surface area contributed by atoms with E-state index >= 15 is 0 Å². The Bertz CT molecular complexity index is 771. The van der Waals surface area contributed by atoms with Gasteiger partial charge < -0.3 is 9.80 Å². The second-order valence-corrected chi connectivity index (χ2v) is 13.6. The smallest absolute Gasteiger partial charge is 0.0552 e. The summed E-state index contributed by atoms with van der Waals surface area (Å²) in [6.07, 6.45) is 1.18. The molecule has 0 atom stereocenters. The number of rotatable bonds is 4. The van der Waals surface area contributed by atoms with E-state index in [2.05, 4.69) is 108 Å². The lowest BCUT2D eigenvalue weighted by Crippen LogP contribution is -2.41. The Morgan fingerprint density at radius 3 is 1.79 bits per heavy atom. The number of nitrogens with zero attached hydrogens (tertiary/aromatic N) is 2. The average molecular weight is 431 g/mol. The third-order valence-electron chi connectivity index (χ3n) is 5.09. The number of hydrogen-bond donors (Lipinski definition) is 0. The molecule has 0 aliphatic carbocycles. The van der Waals surface area contributed by atoms with E-state index in [1.54, 1.807) is 0 Å². The molecule has 0 spiro atoms. The fourth-order valence-electron chi connectivity index (χ4n) is 4.04. The molecule has 0 amide bonds. The van der Waals surface area contributed by atoms with Crippen LogP contribution in [-0.2, 0) is 0 Å². The third kappa shape index (κ3) is 4.69. The van der Waals surface area contributed by atoms with Gasteiger partial charge in [0.1, 0.15) is 0 Å². The Morgan fingerprint density at radius 2 is 1.25 bits per heavy atom. The predicted octanol–water partition coefficient (Wildman–Crippen LogP) is 6.93. The maximum Gasteiger partial charge on any atom is 0.0552 e. The van der Waals surface area contributed by atoms with E-state index in [4.69, 9.17) is 0 Å². The van der Waals surface area contributed by atoms with E-state index in [9.17, 15) is 0 Å². The third-order valence-corrected chi connectivity index (χ3v) is 10.4. The summed E-state index contributed by atoms with van der Waals surface area (Å²) >= 11 is 1.89. The zero-order valence-electron chi connectivity index (χ0n) is 17.3. The molecular weight excluding hydrogens is 400 g/mol. The molecule has 150 valence electrons. The Kier molecular flexibility index (Phi) is 5.99. The average Bonchev–Trinajstić information content (AvgIpc) is 2.76. The number of para-hydroxylation sites is 2. The lowest BCUT2D eigenvalue weighted by molar-refractivity contribution is 0.241. The molecule has 0 saturated carbocycles. The zero-order valence-corrected chi connectivity index (χ0v) is 19.7. The molecule has 0 aromatic heterocycles. The van der Waals surface area contributed by atoms with Crippen LogP contribution >= 0.6 is 33.3 Å². The molecule has 1 saturated heterocycles. The zero-order chi connectivity index (χ0) is 19.8. The molecule has 2 aliphatic rings. The van der Waals surface area contributed by atoms with E-state index in [-0.39, 0.29) is 0 Å². The van der Waals surface area contributed by atoms with Crippen molar-refractivity contribution in [3.63, 3.8) is 0 Å². The molecule has 28 heavy (non-hydrogen) atoms. The van der Waals surface area contributed by atoms with E-state index in [0.717, 1.165) is 26.2 Å². The minimum absolute atomic E-state index is 0.305. The molecule has 0 unspecified atom stereocenters. The van der Waals surface area contributed by atoms with Gasteiger partial charge in [-0.15, -0.1) is 0 Å². The number of hydrogen-bond acceptors (Lipinski definition) is 5. The summed E-state index contributed by atoms with van der Waals surface area (Å²) in [6.45, 7) is 14.1. The van der Waals surface area contributed by atoms with Crippen molar-refractivity contribution < 1.29 is 0 Å². The van der Waals surface area contributed by atoms with Crippen molar-refractivity contribution in [2.45, 2.75) is 53.4 Å². The van der Waals surface area contributed by atoms with Gasteiger partial charge in [0.2, 0.25) is 0 Å². The van der Waals surface area contributed by atoms with Crippen LogP contribution in [0.4, 0.5) is 11.4 Å². The quantitative estimate of drug-likeness (QED) is 0.484. The van der Waals surface area contributed by atoms with Crippen molar-refractivity contribution in [1.29, 1.82) is 0 Å². The monoisotopic (exact) mass is 430 g/mol. The first-order chi connectivity index (χ1) is 13.3. The molecule has 0 bridgehead atoms. The normalized spacial score (nSPS) is 20.9. The van der Waals surface area contributed by atoms with Gasteiger partial charge in [-0.3, -0.25) is 0 Å². The van der Waals surface area contributed by atoms with E-state index in [0.29, 0.717) is 9.49 Å². The van der Waals surface area contributed by atoms with Gasteiger partial charge in [-0.1, -0.05) is 57.6 Å². The van der Waals surface area contributed by atoms with Crippen LogP contribution in [0.3, 0.4) is 0 Å². The molecule has 0 radical (unpaired) electrons. The minimum Gasteiger partial charge on any atom is -0.340 e. The van der Waals surface area contributed by atoms with Crippen LogP contribution in [-0.4, -0.2) is 40.6 Å². The molecule has 1 fully saturated rings. The summed E-state index contributed by atoms with van der Waals surface area (Å²) in [5.74, 6) is 0. The van der Waals surface area contributed by atoms with Crippen molar-refractivity contribution in [1.82, 2.24) is 4.90 Å². The Balaban J connectivity index is 1.48. The van der Waals surface area contributed by atoms with Crippen molar-refractivity contribution in [3.05, 3.63) is 48.5 Å². The number of fused-ring (bicyclic) bond motifs is 2. The summed E-state index contributed by atoms with van der Waals surface area (Å²) in [5.41, 5.74) is 2.71. The topological polar surface area (TPSA) is 6.48 Å². The van der Waals surface area contributed by atoms with Gasteiger partial charge in [0.05, 0.1) is 11.4 Å². The van der Waals surface area contributed by atoms with Crippen molar-refractivity contribution in [2.24, 2.45) is 0 Å². The second-order valence-electron chi connectivity index (χ2n) is 8.94. The molecule has 2 aromatic carbocycles. The lowest BCUT2D eigenvalue weighted by Gasteiger charge is -2.34. The van der Waals surface area contributed by atoms with Crippen molar-refractivity contribution in [3.8, 4) is 0 Å². The highest BCUT2D eigenvalue weighted by Crippen LogP contribution is 2.48. The van der Waals surface area contributed by atoms with Gasteiger partial charge in [-0.25, -0.2) is 0 Å². The largest absolute Gasteiger partial charge is 0.340 e. The van der Waals surface area contributed by atoms with Crippen LogP contribution in [0.5, 0.6) is 0 Å². The molecule has 0 N–H and O–H groups in total. The standard InChI is InChI=1S/C23H30N2S3/c1-22(2)16-24(17-23(3,4)28-27-22)14-9-15-25-18-10-5-7-12-20(18)26-21-13-8-6-11-19(21)25/h5-8,10-13H,9,14-17H2,1-4H3. The van der Waals surface area contributed by atoms with Gasteiger partial charge in [0, 0.05) is 38.9 Å². The van der Waals surface area contributed by atoms with E-state index in [1.165, 1.54) is 27.6 Å². The summed E-state index contributed by atoms with van der Waals surface area (Å²) in [7, 11) is 4.11. The molecular formula is C23H30N2S3. The molecule has 2 aliphatic heterocycles. The van der Waals surface area contributed by atoms with Gasteiger partial charge in [0.15, 0.2) is 0 Å². The molecule has 5 heteroatoms. The number of anilines is 2. The Labute approximate surface area is 182 Å². The maximum atomic E-state index is 2.68. The highest BCUT2D eigenvalue weighted by Gasteiger charge is 2.34. The minimum atomic E-state index is 0.305. The van der Waals surface area contributed by atoms with Crippen molar-refractivity contribution in [2.75, 3.05) is 31.1 Å². The van der Waals surface area contributed by atoms with Crippen LogP contribution in [0.25, 0.3) is 0 Å². The van der Waals surface area contributed by atoms with Crippen LogP contribution in [0.2, 0.25) is 0 Å². The fourth-order valence-corrected chi connectivity index (χ4v) is 7.73. The number of benzene rings is 2. The summed E-state index contributed by atoms with van der Waals surface area (Å²) in [4.78, 5) is 7.94. The van der Waals surface area contributed by atoms with Crippen LogP contribution in [0.1, 0.15) is 34.1 Å². The van der Waals surface area contributed by atoms with Gasteiger partial charge in [-0.2, -0.15) is 0 Å². The molecule has 2 aromatic rings. The maximum absolute atomic E-state index is 2.68. The summed E-state index contributed by atoms with van der Waals surface area (Å²) in [5, 5.41) is 0. The highest BCUT2D eigenvalue weighted by molar-refractivity contribution is 8.77. The first-order valence-corrected chi connectivity index (χ1v) is 13.0. The fraction of sp³-hybridized carbons (Fsp3) is 0.478. The Hall–Kier alpha value is -0.750. The summed E-state index contributed by atoms with van der Waals surface area (Å²) in [6, 6.07) is 17.6.